The summed E-state index contributed by atoms with van der Waals surface area (Å²) in [6.45, 7) is 0. The minimum atomic E-state index is -0.778. The van der Waals surface area contributed by atoms with Crippen LogP contribution in [0.1, 0.15) is 0 Å². The van der Waals surface area contributed by atoms with Crippen LogP contribution in [0.3, 0.4) is 0 Å². The highest BCUT2D eigenvalue weighted by atomic mass is 16.4. The molecule has 0 aliphatic carbocycles. The van der Waals surface area contributed by atoms with E-state index in [1.54, 1.807) is 0 Å². The zero-order valence-electron chi connectivity index (χ0n) is 3.34. The smallest absolute Gasteiger partial charge is 0.267 e. The highest BCUT2D eigenvalue weighted by molar-refractivity contribution is 5.24. The second kappa shape index (κ2) is 0.932. The Labute approximate surface area is 38.5 Å². The monoisotopic (exact) mass is 100 g/mol. The highest BCUT2D eigenvalue weighted by Crippen LogP contribution is 1.90. The van der Waals surface area contributed by atoms with Crippen LogP contribution in [0.5, 0.6) is 5.75 Å². The van der Waals surface area contributed by atoms with Crippen LogP contribution in [-0.4, -0.2) is 5.11 Å². The first kappa shape index (κ1) is 4.05. The molecule has 0 unspecified atom stereocenters. The predicted octanol–water partition coefficient (Wildman–Crippen LogP) is -1.01. The van der Waals surface area contributed by atoms with Crippen molar-refractivity contribution in [1.82, 2.24) is 0 Å². The van der Waals surface area contributed by atoms with E-state index in [9.17, 15) is 9.59 Å². The van der Waals surface area contributed by atoms with E-state index in [1.807, 2.05) is 0 Å². The van der Waals surface area contributed by atoms with Gasteiger partial charge in [-0.25, -0.2) is 0 Å². The summed E-state index contributed by atoms with van der Waals surface area (Å²) in [6, 6.07) is 0.891. The SMILES string of the molecule is O=c1c[13c](O)[13c]1=O. The molecule has 0 saturated heterocycles. The Bertz CT molecular complexity index is 241. The third-order valence-electron chi connectivity index (χ3n) is 0.724. The first-order valence-electron chi connectivity index (χ1n) is 1.71. The lowest BCUT2D eigenvalue weighted by atomic mass is 10.7. The molecule has 1 aromatic carbocycles. The molecular formula is C4H2O3. The minimum Gasteiger partial charge on any atom is -0.504 e. The Morgan fingerprint density at radius 3 is 2.00 bits per heavy atom. The van der Waals surface area contributed by atoms with Gasteiger partial charge in [0.05, 0.1) is 0 Å². The molecule has 1 rings (SSSR count). The Kier molecular flexibility index (Phi) is 0.539. The molecule has 0 heterocycles. The van der Waals surface area contributed by atoms with Crippen LogP contribution in [0.15, 0.2) is 15.7 Å². The van der Waals surface area contributed by atoms with E-state index < -0.39 is 16.6 Å². The molecule has 1 aromatic rings. The van der Waals surface area contributed by atoms with Crippen molar-refractivity contribution >= 4 is 0 Å². The summed E-state index contributed by atoms with van der Waals surface area (Å²) in [5.41, 5.74) is -1.39. The molecule has 7 heavy (non-hydrogen) atoms. The molecule has 0 fully saturated rings. The maximum absolute atomic E-state index is 9.89. The van der Waals surface area contributed by atoms with Crippen molar-refractivity contribution in [2.75, 3.05) is 0 Å². The van der Waals surface area contributed by atoms with E-state index in [0.29, 0.717) is 0 Å². The van der Waals surface area contributed by atoms with Gasteiger partial charge in [-0.05, 0) is 0 Å². The average molecular weight is 100 g/mol. The summed E-state index contributed by atoms with van der Waals surface area (Å²) in [5, 5.41) is 8.18. The molecule has 0 radical (unpaired) electrons. The molecule has 0 saturated carbocycles. The van der Waals surface area contributed by atoms with Crippen LogP contribution in [0.25, 0.3) is 0 Å². The Morgan fingerprint density at radius 1 is 1.43 bits per heavy atom. The zero-order chi connectivity index (χ0) is 5.44. The lowest BCUT2D eigenvalue weighted by molar-refractivity contribution is 0.463. The van der Waals surface area contributed by atoms with Crippen molar-refractivity contribution in [3.05, 3.63) is 26.5 Å². The summed E-state index contributed by atoms with van der Waals surface area (Å²) in [4.78, 5) is 19.7. The number of aromatic hydroxyl groups is 1. The molecule has 36 valence electrons. The second-order valence-electron chi connectivity index (χ2n) is 1.22. The van der Waals surface area contributed by atoms with Gasteiger partial charge in [0.25, 0.3) is 5.43 Å². The lowest BCUT2D eigenvalue weighted by Gasteiger charge is -1.83. The summed E-state index contributed by atoms with van der Waals surface area (Å²) in [5.74, 6) is -0.426. The van der Waals surface area contributed by atoms with Crippen molar-refractivity contribution in [2.24, 2.45) is 0 Å². The van der Waals surface area contributed by atoms with Crippen molar-refractivity contribution < 1.29 is 5.11 Å². The van der Waals surface area contributed by atoms with Crippen molar-refractivity contribution in [3.8, 4) is 5.75 Å². The van der Waals surface area contributed by atoms with E-state index in [4.69, 9.17) is 5.11 Å². The van der Waals surface area contributed by atoms with Crippen LogP contribution >= 0.6 is 0 Å². The molecule has 0 aromatic heterocycles. The van der Waals surface area contributed by atoms with Crippen molar-refractivity contribution in [1.29, 1.82) is 0 Å². The van der Waals surface area contributed by atoms with Gasteiger partial charge in [0.15, 0.2) is 5.75 Å². The van der Waals surface area contributed by atoms with Crippen LogP contribution in [-0.2, 0) is 0 Å². The maximum atomic E-state index is 9.89. The lowest BCUT2D eigenvalue weighted by Crippen LogP contribution is -2.27. The summed E-state index contributed by atoms with van der Waals surface area (Å²) in [7, 11) is 0. The van der Waals surface area contributed by atoms with Crippen molar-refractivity contribution in [3.63, 3.8) is 0 Å². The van der Waals surface area contributed by atoms with E-state index in [-0.39, 0.29) is 0 Å². The van der Waals surface area contributed by atoms with E-state index in [0.717, 1.165) is 6.07 Å². The van der Waals surface area contributed by atoms with Crippen LogP contribution in [0.2, 0.25) is 0 Å². The fourth-order valence-electron chi connectivity index (χ4n) is 0.304. The van der Waals surface area contributed by atoms with Gasteiger partial charge < -0.3 is 5.11 Å². The molecule has 0 amide bonds. The second-order valence-corrected chi connectivity index (χ2v) is 1.22. The third kappa shape index (κ3) is 0.342. The third-order valence-corrected chi connectivity index (χ3v) is 0.724. The first-order chi connectivity index (χ1) is 3.22. The molecule has 3 nitrogen and oxygen atoms in total. The fourth-order valence-corrected chi connectivity index (χ4v) is 0.304. The van der Waals surface area contributed by atoms with Gasteiger partial charge in [-0.15, -0.1) is 0 Å². The van der Waals surface area contributed by atoms with Crippen LogP contribution in [0, 0.1) is 0 Å². The largest absolute Gasteiger partial charge is 0.504 e. The van der Waals surface area contributed by atoms with Gasteiger partial charge >= 0.3 is 0 Å². The Hall–Kier alpha value is -1.12. The topological polar surface area (TPSA) is 54.4 Å². The molecule has 0 aliphatic rings. The number of hydrogen-bond acceptors (Lipinski definition) is 3. The van der Waals surface area contributed by atoms with Gasteiger partial charge in [-0.1, -0.05) is 0 Å². The van der Waals surface area contributed by atoms with Crippen LogP contribution in [0.4, 0.5) is 0 Å². The predicted molar refractivity (Wildman–Crippen MR) is 23.0 cm³/mol. The molecule has 3 heteroatoms. The molecule has 0 bridgehead atoms. The van der Waals surface area contributed by atoms with Crippen molar-refractivity contribution in [2.45, 2.75) is 0 Å². The summed E-state index contributed by atoms with van der Waals surface area (Å²) < 4.78 is 0. The van der Waals surface area contributed by atoms with Gasteiger partial charge in [0, 0.05) is 6.07 Å². The molecule has 0 aliphatic heterocycles. The molecular weight excluding hydrogens is 98.0 g/mol. The molecule has 0 spiro atoms. The first-order valence-corrected chi connectivity index (χ1v) is 1.71. The fraction of sp³-hybridized carbons (Fsp3) is 0. The summed E-state index contributed by atoms with van der Waals surface area (Å²) >= 11 is 0. The van der Waals surface area contributed by atoms with E-state index >= 15 is 0 Å². The van der Waals surface area contributed by atoms with Gasteiger partial charge in [-0.2, -0.15) is 0 Å². The zero-order valence-corrected chi connectivity index (χ0v) is 3.34. The number of rotatable bonds is 0. The molecule has 1 N–H and O–H groups in total. The maximum Gasteiger partial charge on any atom is 0.267 e. The Balaban J connectivity index is 3.44. The quantitative estimate of drug-likeness (QED) is 0.425. The standard InChI is InChI=1S/C4H2O3/c5-2-1-3(6)4(2)7/h1,5H/i2+1,4+1. The average Bonchev–Trinajstić information content (AvgIpc) is 1.68. The van der Waals surface area contributed by atoms with Gasteiger partial charge in [0.2, 0.25) is 5.43 Å². The molecule has 0 atom stereocenters. The normalized spacial score (nSPS) is 9.71. The Morgan fingerprint density at radius 2 is 2.00 bits per heavy atom. The minimum absolute atomic E-state index is 0.426. The highest BCUT2D eigenvalue weighted by Gasteiger charge is 2.04. The van der Waals surface area contributed by atoms with Gasteiger partial charge in [0.1, 0.15) is 0 Å². The van der Waals surface area contributed by atoms with E-state index in [1.165, 1.54) is 0 Å². The van der Waals surface area contributed by atoms with E-state index in [2.05, 4.69) is 0 Å². The van der Waals surface area contributed by atoms with Gasteiger partial charge in [-0.3, -0.25) is 9.59 Å². The summed E-state index contributed by atoms with van der Waals surface area (Å²) in [6.07, 6.45) is 0. The van der Waals surface area contributed by atoms with Crippen LogP contribution < -0.4 is 10.9 Å². The number of hydrogen-bond donors (Lipinski definition) is 1.